The summed E-state index contributed by atoms with van der Waals surface area (Å²) in [5.41, 5.74) is 0.0114. The molecule has 3 aliphatic rings. The SMILES string of the molecule is O=c1ccc(C2CC2)nn1CC1CCCN1CC1(O)COCCOC1. The highest BCUT2D eigenvalue weighted by Crippen LogP contribution is 2.38. The number of hydrogen-bond acceptors (Lipinski definition) is 6. The quantitative estimate of drug-likeness (QED) is 0.827. The van der Waals surface area contributed by atoms with Crippen LogP contribution in [0, 0.1) is 0 Å². The largest absolute Gasteiger partial charge is 0.384 e. The van der Waals surface area contributed by atoms with Gasteiger partial charge in [-0.3, -0.25) is 9.69 Å². The van der Waals surface area contributed by atoms with Crippen LogP contribution in [0.15, 0.2) is 16.9 Å². The van der Waals surface area contributed by atoms with Crippen LogP contribution in [0.3, 0.4) is 0 Å². The molecular formula is C18H27N3O4. The highest BCUT2D eigenvalue weighted by atomic mass is 16.6. The van der Waals surface area contributed by atoms with Crippen molar-refractivity contribution in [2.45, 2.75) is 49.8 Å². The molecule has 1 saturated carbocycles. The summed E-state index contributed by atoms with van der Waals surface area (Å²) in [7, 11) is 0. The van der Waals surface area contributed by atoms with Crippen molar-refractivity contribution in [2.75, 3.05) is 39.5 Å². The van der Waals surface area contributed by atoms with E-state index < -0.39 is 5.60 Å². The van der Waals surface area contributed by atoms with Crippen molar-refractivity contribution in [1.29, 1.82) is 0 Å². The molecule has 1 atom stereocenters. The number of hydrogen-bond donors (Lipinski definition) is 1. The van der Waals surface area contributed by atoms with Crippen molar-refractivity contribution in [3.8, 4) is 0 Å². The molecule has 0 amide bonds. The van der Waals surface area contributed by atoms with Gasteiger partial charge in [0.2, 0.25) is 0 Å². The summed E-state index contributed by atoms with van der Waals surface area (Å²) < 4.78 is 12.6. The van der Waals surface area contributed by atoms with Crippen LogP contribution in [0.1, 0.15) is 37.3 Å². The van der Waals surface area contributed by atoms with E-state index in [-0.39, 0.29) is 11.6 Å². The summed E-state index contributed by atoms with van der Waals surface area (Å²) in [5, 5.41) is 15.4. The van der Waals surface area contributed by atoms with E-state index in [0.29, 0.717) is 45.4 Å². The van der Waals surface area contributed by atoms with Crippen LogP contribution in [0.5, 0.6) is 0 Å². The molecule has 0 aromatic carbocycles. The summed E-state index contributed by atoms with van der Waals surface area (Å²) in [6.07, 6.45) is 4.43. The molecule has 1 N–H and O–H groups in total. The van der Waals surface area contributed by atoms with Crippen molar-refractivity contribution in [1.82, 2.24) is 14.7 Å². The molecule has 7 nitrogen and oxygen atoms in total. The van der Waals surface area contributed by atoms with Gasteiger partial charge in [0.1, 0.15) is 5.60 Å². The standard InChI is InChI=1S/C18H27N3O4/c22-17-6-5-16(14-3-4-14)19-21(17)10-15-2-1-7-20(15)11-18(23)12-24-8-9-25-13-18/h5-6,14-15,23H,1-4,7-13H2. The van der Waals surface area contributed by atoms with E-state index in [9.17, 15) is 9.90 Å². The summed E-state index contributed by atoms with van der Waals surface area (Å²) in [5.74, 6) is 0.535. The fourth-order valence-electron chi connectivity index (χ4n) is 3.86. The molecule has 2 saturated heterocycles. The number of aromatic nitrogens is 2. The third kappa shape index (κ3) is 4.11. The Balaban J connectivity index is 1.44. The smallest absolute Gasteiger partial charge is 0.266 e. The first-order chi connectivity index (χ1) is 12.1. The number of ether oxygens (including phenoxy) is 2. The predicted octanol–water partition coefficient (Wildman–Crippen LogP) is 0.363. The maximum absolute atomic E-state index is 12.2. The lowest BCUT2D eigenvalue weighted by atomic mass is 10.1. The second-order valence-corrected chi connectivity index (χ2v) is 7.65. The second-order valence-electron chi connectivity index (χ2n) is 7.65. The molecule has 3 fully saturated rings. The van der Waals surface area contributed by atoms with Crippen molar-refractivity contribution in [2.24, 2.45) is 0 Å². The third-order valence-electron chi connectivity index (χ3n) is 5.38. The molecule has 138 valence electrons. The fraction of sp³-hybridized carbons (Fsp3) is 0.778. The van der Waals surface area contributed by atoms with Crippen LogP contribution < -0.4 is 5.56 Å². The van der Waals surface area contributed by atoms with Crippen molar-refractivity contribution in [3.63, 3.8) is 0 Å². The Labute approximate surface area is 147 Å². The lowest BCUT2D eigenvalue weighted by molar-refractivity contribution is -0.0768. The van der Waals surface area contributed by atoms with E-state index in [4.69, 9.17) is 9.47 Å². The van der Waals surface area contributed by atoms with Gasteiger partial charge in [-0.1, -0.05) is 0 Å². The number of nitrogens with zero attached hydrogens (tertiary/aromatic N) is 3. The monoisotopic (exact) mass is 349 g/mol. The van der Waals surface area contributed by atoms with Crippen LogP contribution in [0.4, 0.5) is 0 Å². The summed E-state index contributed by atoms with van der Waals surface area (Å²) in [4.78, 5) is 14.5. The first kappa shape index (κ1) is 17.1. The highest BCUT2D eigenvalue weighted by molar-refractivity contribution is 5.12. The van der Waals surface area contributed by atoms with Gasteiger partial charge in [0.05, 0.1) is 38.7 Å². The van der Waals surface area contributed by atoms with Gasteiger partial charge in [0.15, 0.2) is 0 Å². The molecule has 0 bridgehead atoms. The molecule has 25 heavy (non-hydrogen) atoms. The molecule has 2 aliphatic heterocycles. The lowest BCUT2D eigenvalue weighted by Crippen LogP contribution is -2.51. The molecule has 0 spiro atoms. The van der Waals surface area contributed by atoms with Gasteiger partial charge >= 0.3 is 0 Å². The van der Waals surface area contributed by atoms with Gasteiger partial charge in [-0.15, -0.1) is 0 Å². The maximum atomic E-state index is 12.2. The molecule has 1 aliphatic carbocycles. The predicted molar refractivity (Wildman–Crippen MR) is 91.7 cm³/mol. The first-order valence-corrected chi connectivity index (χ1v) is 9.33. The molecule has 1 aromatic rings. The van der Waals surface area contributed by atoms with E-state index in [2.05, 4.69) is 10.00 Å². The number of β-amino-alcohol motifs (C(OH)–C–C–N with tert-alkyl or cyclic N) is 1. The number of likely N-dealkylation sites (tertiary alicyclic amines) is 1. The lowest BCUT2D eigenvalue weighted by Gasteiger charge is -2.33. The zero-order chi connectivity index (χ0) is 17.3. The van der Waals surface area contributed by atoms with E-state index in [1.807, 2.05) is 6.07 Å². The van der Waals surface area contributed by atoms with Crippen LogP contribution in [0.25, 0.3) is 0 Å². The molecule has 3 heterocycles. The Kier molecular flexibility index (Phi) is 4.90. The molecule has 1 aromatic heterocycles. The summed E-state index contributed by atoms with van der Waals surface area (Å²) >= 11 is 0. The Morgan fingerprint density at radius 3 is 2.68 bits per heavy atom. The van der Waals surface area contributed by atoms with Crippen LogP contribution in [-0.4, -0.2) is 70.9 Å². The minimum atomic E-state index is -0.979. The molecule has 4 rings (SSSR count). The minimum Gasteiger partial charge on any atom is -0.384 e. The molecule has 7 heteroatoms. The summed E-state index contributed by atoms with van der Waals surface area (Å²) in [6, 6.07) is 3.72. The van der Waals surface area contributed by atoms with Gasteiger partial charge in [-0.25, -0.2) is 4.68 Å². The second kappa shape index (κ2) is 7.15. The Hall–Kier alpha value is -1.28. The zero-order valence-corrected chi connectivity index (χ0v) is 14.6. The van der Waals surface area contributed by atoms with Crippen LogP contribution >= 0.6 is 0 Å². The van der Waals surface area contributed by atoms with E-state index in [1.54, 1.807) is 10.7 Å². The average molecular weight is 349 g/mol. The average Bonchev–Trinajstić information content (AvgIpc) is 3.38. The van der Waals surface area contributed by atoms with Gasteiger partial charge in [0.25, 0.3) is 5.56 Å². The highest BCUT2D eigenvalue weighted by Gasteiger charge is 2.36. The Morgan fingerprint density at radius 1 is 1.20 bits per heavy atom. The number of rotatable bonds is 5. The van der Waals surface area contributed by atoms with Gasteiger partial charge in [-0.05, 0) is 38.3 Å². The number of aliphatic hydroxyl groups is 1. The van der Waals surface area contributed by atoms with Crippen LogP contribution in [-0.2, 0) is 16.0 Å². The normalized spacial score (nSPS) is 27.3. The van der Waals surface area contributed by atoms with Gasteiger partial charge in [0, 0.05) is 24.6 Å². The molecule has 1 unspecified atom stereocenters. The Bertz CT molecular complexity index is 650. The minimum absolute atomic E-state index is 0.0453. The van der Waals surface area contributed by atoms with E-state index in [1.165, 1.54) is 12.8 Å². The molecular weight excluding hydrogens is 322 g/mol. The topological polar surface area (TPSA) is 76.8 Å². The van der Waals surface area contributed by atoms with E-state index in [0.717, 1.165) is 25.1 Å². The van der Waals surface area contributed by atoms with Gasteiger partial charge in [-0.2, -0.15) is 5.10 Å². The first-order valence-electron chi connectivity index (χ1n) is 9.33. The van der Waals surface area contributed by atoms with E-state index >= 15 is 0 Å². The van der Waals surface area contributed by atoms with Gasteiger partial charge < -0.3 is 14.6 Å². The third-order valence-corrected chi connectivity index (χ3v) is 5.38. The van der Waals surface area contributed by atoms with Crippen molar-refractivity contribution in [3.05, 3.63) is 28.2 Å². The van der Waals surface area contributed by atoms with Crippen LogP contribution in [0.2, 0.25) is 0 Å². The fourth-order valence-corrected chi connectivity index (χ4v) is 3.86. The molecule has 0 radical (unpaired) electrons. The maximum Gasteiger partial charge on any atom is 0.266 e. The van der Waals surface area contributed by atoms with Crippen molar-refractivity contribution < 1.29 is 14.6 Å². The Morgan fingerprint density at radius 2 is 1.96 bits per heavy atom. The van der Waals surface area contributed by atoms with Crippen molar-refractivity contribution >= 4 is 0 Å². The zero-order valence-electron chi connectivity index (χ0n) is 14.6. The summed E-state index contributed by atoms with van der Waals surface area (Å²) in [6.45, 7) is 3.66.